The van der Waals surface area contributed by atoms with E-state index in [9.17, 15) is 0 Å². The zero-order valence-corrected chi connectivity index (χ0v) is 12.8. The van der Waals surface area contributed by atoms with Crippen molar-refractivity contribution in [2.45, 2.75) is 50.1 Å². The van der Waals surface area contributed by atoms with E-state index in [2.05, 4.69) is 15.3 Å². The van der Waals surface area contributed by atoms with E-state index in [-0.39, 0.29) is 0 Å². The van der Waals surface area contributed by atoms with Crippen LogP contribution in [0.3, 0.4) is 0 Å². The number of hydrogen-bond acceptors (Lipinski definition) is 4. The van der Waals surface area contributed by atoms with Gasteiger partial charge in [0.15, 0.2) is 0 Å². The Morgan fingerprint density at radius 1 is 1.42 bits per heavy atom. The Hall–Kier alpha value is -0.160. The molecule has 2 unspecified atom stereocenters. The summed E-state index contributed by atoms with van der Waals surface area (Å²) in [6.07, 6.45) is 6.77. The molecule has 0 radical (unpaired) electrons. The molecule has 0 N–H and O–H groups in total. The lowest BCUT2D eigenvalue weighted by molar-refractivity contribution is -0.0875. The van der Waals surface area contributed by atoms with Gasteiger partial charge < -0.3 is 4.74 Å². The predicted octanol–water partition coefficient (Wildman–Crippen LogP) is 3.07. The van der Waals surface area contributed by atoms with Crippen molar-refractivity contribution in [2.24, 2.45) is 0 Å². The van der Waals surface area contributed by atoms with E-state index < -0.39 is 0 Å². The topological polar surface area (TPSA) is 25.4 Å². The molecule has 1 aliphatic heterocycles. The molecule has 2 atom stereocenters. The van der Waals surface area contributed by atoms with Crippen LogP contribution < -0.4 is 0 Å². The van der Waals surface area contributed by atoms with Crippen molar-refractivity contribution in [3.8, 4) is 0 Å². The Bertz CT molecular complexity index is 410. The van der Waals surface area contributed by atoms with Gasteiger partial charge in [-0.15, -0.1) is 22.9 Å². The molecular formula is C14H21ClN2OS. The lowest BCUT2D eigenvalue weighted by Crippen LogP contribution is -2.53. The van der Waals surface area contributed by atoms with E-state index in [0.29, 0.717) is 18.0 Å². The number of halogens is 1. The molecule has 19 heavy (non-hydrogen) atoms. The number of fused-ring (bicyclic) bond motifs is 1. The number of alkyl halides is 1. The van der Waals surface area contributed by atoms with Gasteiger partial charge in [0.05, 0.1) is 29.3 Å². The lowest BCUT2D eigenvalue weighted by Gasteiger charge is -2.43. The molecule has 1 saturated carbocycles. The summed E-state index contributed by atoms with van der Waals surface area (Å²) in [4.78, 5) is 7.17. The first kappa shape index (κ1) is 13.8. The summed E-state index contributed by atoms with van der Waals surface area (Å²) in [7, 11) is 0. The van der Waals surface area contributed by atoms with Crippen LogP contribution in [0.2, 0.25) is 0 Å². The summed E-state index contributed by atoms with van der Waals surface area (Å²) >= 11 is 7.54. The standard InChI is InChI=1S/C14H21ClN2OS/c15-9-11-10-19-14(16-11)5-6-17-7-8-18-13-4-2-1-3-12(13)17/h10,12-13H,1-9H2. The quantitative estimate of drug-likeness (QED) is 0.799. The number of hydrogen-bond donors (Lipinski definition) is 0. The monoisotopic (exact) mass is 300 g/mol. The van der Waals surface area contributed by atoms with Crippen molar-refractivity contribution < 1.29 is 4.74 Å². The second-order valence-electron chi connectivity index (χ2n) is 5.41. The third-order valence-corrected chi connectivity index (χ3v) is 5.43. The van der Waals surface area contributed by atoms with Crippen molar-refractivity contribution in [3.63, 3.8) is 0 Å². The maximum Gasteiger partial charge on any atom is 0.0941 e. The highest BCUT2D eigenvalue weighted by Crippen LogP contribution is 2.28. The van der Waals surface area contributed by atoms with Gasteiger partial charge in [-0.25, -0.2) is 4.98 Å². The average Bonchev–Trinajstić information content (AvgIpc) is 2.93. The Balaban J connectivity index is 1.56. The molecule has 3 rings (SSSR count). The van der Waals surface area contributed by atoms with Gasteiger partial charge in [0.25, 0.3) is 0 Å². The van der Waals surface area contributed by atoms with Crippen LogP contribution in [0.25, 0.3) is 0 Å². The molecule has 0 aromatic carbocycles. The van der Waals surface area contributed by atoms with E-state index >= 15 is 0 Å². The molecule has 1 saturated heterocycles. The van der Waals surface area contributed by atoms with Crippen molar-refractivity contribution in [3.05, 3.63) is 16.1 Å². The summed E-state index contributed by atoms with van der Waals surface area (Å²) < 4.78 is 5.91. The van der Waals surface area contributed by atoms with Gasteiger partial charge in [-0.3, -0.25) is 4.90 Å². The molecule has 0 bridgehead atoms. The summed E-state index contributed by atoms with van der Waals surface area (Å²) in [6.45, 7) is 3.08. The first-order valence-corrected chi connectivity index (χ1v) is 8.63. The molecule has 3 nitrogen and oxygen atoms in total. The van der Waals surface area contributed by atoms with Crippen LogP contribution in [-0.2, 0) is 17.0 Å². The molecule has 106 valence electrons. The van der Waals surface area contributed by atoms with Crippen molar-refractivity contribution >= 4 is 22.9 Å². The normalized spacial score (nSPS) is 28.3. The largest absolute Gasteiger partial charge is 0.375 e. The van der Waals surface area contributed by atoms with Gasteiger partial charge in [-0.2, -0.15) is 0 Å². The van der Waals surface area contributed by atoms with Gasteiger partial charge in [0, 0.05) is 30.9 Å². The fraction of sp³-hybridized carbons (Fsp3) is 0.786. The Kier molecular flexibility index (Phi) is 4.74. The van der Waals surface area contributed by atoms with Crippen LogP contribution in [0.1, 0.15) is 36.4 Å². The molecule has 2 heterocycles. The van der Waals surface area contributed by atoms with Gasteiger partial charge in [0.1, 0.15) is 0 Å². The molecule has 1 aromatic rings. The molecule has 1 aromatic heterocycles. The van der Waals surface area contributed by atoms with Gasteiger partial charge in [-0.05, 0) is 12.8 Å². The highest BCUT2D eigenvalue weighted by atomic mass is 35.5. The van der Waals surface area contributed by atoms with Crippen LogP contribution in [0.4, 0.5) is 0 Å². The van der Waals surface area contributed by atoms with E-state index in [4.69, 9.17) is 16.3 Å². The molecule has 2 fully saturated rings. The summed E-state index contributed by atoms with van der Waals surface area (Å²) in [5, 5.41) is 3.29. The van der Waals surface area contributed by atoms with Crippen molar-refractivity contribution in [2.75, 3.05) is 19.7 Å². The maximum atomic E-state index is 5.91. The second-order valence-corrected chi connectivity index (χ2v) is 6.62. The highest BCUT2D eigenvalue weighted by Gasteiger charge is 2.33. The minimum atomic E-state index is 0.484. The van der Waals surface area contributed by atoms with Gasteiger partial charge in [0.2, 0.25) is 0 Å². The smallest absolute Gasteiger partial charge is 0.0941 e. The third-order valence-electron chi connectivity index (χ3n) is 4.20. The molecule has 0 amide bonds. The predicted molar refractivity (Wildman–Crippen MR) is 78.9 cm³/mol. The second kappa shape index (κ2) is 6.53. The number of ether oxygens (including phenoxy) is 1. The van der Waals surface area contributed by atoms with Crippen LogP contribution in [0, 0.1) is 0 Å². The number of rotatable bonds is 4. The minimum Gasteiger partial charge on any atom is -0.375 e. The minimum absolute atomic E-state index is 0.484. The molecule has 0 spiro atoms. The Morgan fingerprint density at radius 2 is 2.32 bits per heavy atom. The average molecular weight is 301 g/mol. The molecule has 5 heteroatoms. The summed E-state index contributed by atoms with van der Waals surface area (Å²) in [5.74, 6) is 0.527. The SMILES string of the molecule is ClCc1csc(CCN2CCOC3CCCCC32)n1. The first-order valence-electron chi connectivity index (χ1n) is 7.21. The summed E-state index contributed by atoms with van der Waals surface area (Å²) in [5.41, 5.74) is 1.01. The Labute approximate surface area is 123 Å². The number of nitrogens with zero attached hydrogens (tertiary/aromatic N) is 2. The number of aromatic nitrogens is 1. The summed E-state index contributed by atoms with van der Waals surface area (Å²) in [6, 6.07) is 0.648. The van der Waals surface area contributed by atoms with E-state index in [1.807, 2.05) is 0 Å². The molecule has 2 aliphatic rings. The van der Waals surface area contributed by atoms with Gasteiger partial charge in [-0.1, -0.05) is 12.8 Å². The van der Waals surface area contributed by atoms with Crippen molar-refractivity contribution in [1.82, 2.24) is 9.88 Å². The highest BCUT2D eigenvalue weighted by molar-refractivity contribution is 7.09. The fourth-order valence-electron chi connectivity index (χ4n) is 3.22. The first-order chi connectivity index (χ1) is 9.36. The van der Waals surface area contributed by atoms with Crippen LogP contribution in [0.5, 0.6) is 0 Å². The van der Waals surface area contributed by atoms with Crippen molar-refractivity contribution in [1.29, 1.82) is 0 Å². The van der Waals surface area contributed by atoms with E-state index in [0.717, 1.165) is 31.8 Å². The number of thiazole rings is 1. The van der Waals surface area contributed by atoms with E-state index in [1.54, 1.807) is 11.3 Å². The van der Waals surface area contributed by atoms with Crippen LogP contribution >= 0.6 is 22.9 Å². The zero-order valence-electron chi connectivity index (χ0n) is 11.2. The van der Waals surface area contributed by atoms with Crippen LogP contribution in [0.15, 0.2) is 5.38 Å². The fourth-order valence-corrected chi connectivity index (χ4v) is 4.23. The van der Waals surface area contributed by atoms with Crippen LogP contribution in [-0.4, -0.2) is 41.7 Å². The zero-order chi connectivity index (χ0) is 13.1. The Morgan fingerprint density at radius 3 is 3.16 bits per heavy atom. The van der Waals surface area contributed by atoms with Gasteiger partial charge >= 0.3 is 0 Å². The van der Waals surface area contributed by atoms with E-state index in [1.165, 1.54) is 30.7 Å². The number of morpholine rings is 1. The third kappa shape index (κ3) is 3.30. The maximum absolute atomic E-state index is 5.91. The molecular weight excluding hydrogens is 280 g/mol. The lowest BCUT2D eigenvalue weighted by atomic mass is 9.90. The molecule has 1 aliphatic carbocycles.